The largest absolute Gasteiger partial charge is 0.313 e. The van der Waals surface area contributed by atoms with E-state index in [1.54, 1.807) is 0 Å². The van der Waals surface area contributed by atoms with E-state index in [1.165, 1.54) is 0 Å². The highest BCUT2D eigenvalue weighted by molar-refractivity contribution is 7.99. The van der Waals surface area contributed by atoms with Crippen molar-refractivity contribution in [2.75, 3.05) is 13.3 Å². The molecule has 0 amide bonds. The first-order valence-electron chi connectivity index (χ1n) is 4.20. The lowest BCUT2D eigenvalue weighted by atomic mass is 10.4. The first-order valence-corrected chi connectivity index (χ1v) is 5.49. The molecule has 1 N–H and O–H groups in total. The molecule has 1 heterocycles. The molecule has 0 saturated heterocycles. The third-order valence-electron chi connectivity index (χ3n) is 1.77. The van der Waals surface area contributed by atoms with Crippen molar-refractivity contribution in [3.8, 4) is 0 Å². The van der Waals surface area contributed by atoms with Gasteiger partial charge in [0.1, 0.15) is 0 Å². The van der Waals surface area contributed by atoms with E-state index in [9.17, 15) is 0 Å². The van der Waals surface area contributed by atoms with Gasteiger partial charge in [-0.15, -0.1) is 5.10 Å². The fourth-order valence-corrected chi connectivity index (χ4v) is 1.26. The van der Waals surface area contributed by atoms with Crippen LogP contribution >= 0.6 is 11.8 Å². The van der Waals surface area contributed by atoms with Crippen LogP contribution in [0.3, 0.4) is 0 Å². The van der Waals surface area contributed by atoms with Gasteiger partial charge < -0.3 is 5.32 Å². The number of tetrazole rings is 1. The summed E-state index contributed by atoms with van der Waals surface area (Å²) in [6.07, 6.45) is 2.09. The number of hydrogen-bond donors (Lipinski definition) is 1. The molecular formula is C7H15N5S. The van der Waals surface area contributed by atoms with Crippen molar-refractivity contribution < 1.29 is 0 Å². The molecule has 0 radical (unpaired) electrons. The van der Waals surface area contributed by atoms with Crippen molar-refractivity contribution in [2.45, 2.75) is 25.3 Å². The fraction of sp³-hybridized carbons (Fsp3) is 0.857. The maximum atomic E-state index is 3.92. The zero-order valence-corrected chi connectivity index (χ0v) is 9.01. The van der Waals surface area contributed by atoms with Gasteiger partial charge >= 0.3 is 0 Å². The highest BCUT2D eigenvalue weighted by Crippen LogP contribution is 2.07. The minimum atomic E-state index is 0.541. The van der Waals surface area contributed by atoms with Crippen LogP contribution in [0.1, 0.15) is 12.7 Å². The molecule has 0 spiro atoms. The minimum absolute atomic E-state index is 0.541. The Morgan fingerprint density at radius 3 is 3.00 bits per heavy atom. The van der Waals surface area contributed by atoms with Gasteiger partial charge in [0.15, 0.2) is 5.82 Å². The van der Waals surface area contributed by atoms with Gasteiger partial charge in [-0.25, -0.2) is 4.68 Å². The minimum Gasteiger partial charge on any atom is -0.313 e. The van der Waals surface area contributed by atoms with Crippen LogP contribution in [-0.4, -0.2) is 38.8 Å². The molecule has 1 aromatic rings. The Morgan fingerprint density at radius 1 is 1.62 bits per heavy atom. The number of hydrogen-bond acceptors (Lipinski definition) is 5. The summed E-state index contributed by atoms with van der Waals surface area (Å²) < 4.78 is 1.84. The Labute approximate surface area is 82.3 Å². The molecule has 13 heavy (non-hydrogen) atoms. The lowest BCUT2D eigenvalue weighted by Gasteiger charge is -2.08. The molecule has 0 aliphatic carbocycles. The second-order valence-corrected chi connectivity index (χ2v) is 4.13. The van der Waals surface area contributed by atoms with Crippen LogP contribution in [0.4, 0.5) is 0 Å². The second kappa shape index (κ2) is 5.18. The summed E-state index contributed by atoms with van der Waals surface area (Å²) in [5, 5.41) is 15.1. The predicted molar refractivity (Wildman–Crippen MR) is 53.6 cm³/mol. The van der Waals surface area contributed by atoms with Crippen LogP contribution in [0.15, 0.2) is 0 Å². The summed E-state index contributed by atoms with van der Waals surface area (Å²) in [5.41, 5.74) is 0. The number of aromatic nitrogens is 4. The summed E-state index contributed by atoms with van der Waals surface area (Å²) in [4.78, 5) is 0. The quantitative estimate of drug-likeness (QED) is 0.734. The highest BCUT2D eigenvalue weighted by atomic mass is 32.2. The molecule has 0 bridgehead atoms. The predicted octanol–water partition coefficient (Wildman–Crippen LogP) is 0.144. The maximum Gasteiger partial charge on any atom is 0.165 e. The van der Waals surface area contributed by atoms with Gasteiger partial charge in [0, 0.05) is 5.25 Å². The molecule has 0 saturated carbocycles. The van der Waals surface area contributed by atoms with Gasteiger partial charge in [-0.3, -0.25) is 0 Å². The number of nitrogens with zero attached hydrogens (tertiary/aromatic N) is 4. The molecule has 1 rings (SSSR count). The van der Waals surface area contributed by atoms with Gasteiger partial charge in [-0.2, -0.15) is 11.8 Å². The first-order chi connectivity index (χ1) is 6.27. The fourth-order valence-electron chi connectivity index (χ4n) is 0.968. The molecule has 1 unspecified atom stereocenters. The number of nitrogens with one attached hydrogen (secondary N) is 1. The lowest BCUT2D eigenvalue weighted by molar-refractivity contribution is 0.552. The van der Waals surface area contributed by atoms with Crippen molar-refractivity contribution in [1.29, 1.82) is 0 Å². The molecule has 6 heteroatoms. The van der Waals surface area contributed by atoms with E-state index >= 15 is 0 Å². The summed E-state index contributed by atoms with van der Waals surface area (Å²) in [5.74, 6) is 0.892. The molecule has 0 aliphatic heterocycles. The van der Waals surface area contributed by atoms with Crippen LogP contribution in [0, 0.1) is 0 Å². The standard InChI is InChI=1S/C7H15N5S/c1-6(13-3)5-12-7(4-8-2)9-10-11-12/h6,8H,4-5H2,1-3H3. The normalized spacial score (nSPS) is 13.2. The smallest absolute Gasteiger partial charge is 0.165 e. The first kappa shape index (κ1) is 10.5. The van der Waals surface area contributed by atoms with E-state index in [2.05, 4.69) is 34.0 Å². The van der Waals surface area contributed by atoms with Gasteiger partial charge in [-0.1, -0.05) is 6.92 Å². The second-order valence-electron chi connectivity index (χ2n) is 2.85. The Morgan fingerprint density at radius 2 is 2.38 bits per heavy atom. The van der Waals surface area contributed by atoms with Crippen LogP contribution in [-0.2, 0) is 13.1 Å². The van der Waals surface area contributed by atoms with Gasteiger partial charge in [0.25, 0.3) is 0 Å². The van der Waals surface area contributed by atoms with Crippen LogP contribution in [0.5, 0.6) is 0 Å². The summed E-state index contributed by atoms with van der Waals surface area (Å²) in [6.45, 7) is 3.74. The molecule has 0 fully saturated rings. The van der Waals surface area contributed by atoms with Crippen molar-refractivity contribution in [3.05, 3.63) is 5.82 Å². The number of thioether (sulfide) groups is 1. The van der Waals surface area contributed by atoms with E-state index in [4.69, 9.17) is 0 Å². The van der Waals surface area contributed by atoms with E-state index in [-0.39, 0.29) is 0 Å². The highest BCUT2D eigenvalue weighted by Gasteiger charge is 2.07. The monoisotopic (exact) mass is 201 g/mol. The van der Waals surface area contributed by atoms with Gasteiger partial charge in [0.05, 0.1) is 13.1 Å². The zero-order chi connectivity index (χ0) is 9.68. The van der Waals surface area contributed by atoms with Crippen LogP contribution in [0.2, 0.25) is 0 Å². The van der Waals surface area contributed by atoms with Crippen molar-refractivity contribution in [1.82, 2.24) is 25.5 Å². The van der Waals surface area contributed by atoms with Crippen LogP contribution in [0.25, 0.3) is 0 Å². The molecular weight excluding hydrogens is 186 g/mol. The Hall–Kier alpha value is -0.620. The van der Waals surface area contributed by atoms with E-state index in [1.807, 2.05) is 23.5 Å². The summed E-state index contributed by atoms with van der Waals surface area (Å²) in [7, 11) is 1.89. The summed E-state index contributed by atoms with van der Waals surface area (Å²) in [6, 6.07) is 0. The molecule has 0 aromatic carbocycles. The van der Waals surface area contributed by atoms with E-state index in [0.29, 0.717) is 11.8 Å². The topological polar surface area (TPSA) is 55.6 Å². The lowest BCUT2D eigenvalue weighted by Crippen LogP contribution is -2.17. The maximum absolute atomic E-state index is 3.92. The molecule has 74 valence electrons. The van der Waals surface area contributed by atoms with Crippen molar-refractivity contribution >= 4 is 11.8 Å². The van der Waals surface area contributed by atoms with Gasteiger partial charge in [-0.05, 0) is 23.7 Å². The zero-order valence-electron chi connectivity index (χ0n) is 8.19. The Bertz CT molecular complexity index is 249. The third-order valence-corrected chi connectivity index (χ3v) is 2.73. The molecule has 0 aliphatic rings. The van der Waals surface area contributed by atoms with E-state index < -0.39 is 0 Å². The average molecular weight is 201 g/mol. The number of rotatable bonds is 5. The SMILES string of the molecule is CNCc1nnnn1CC(C)SC. The molecule has 5 nitrogen and oxygen atoms in total. The van der Waals surface area contributed by atoms with Crippen molar-refractivity contribution in [2.24, 2.45) is 0 Å². The Balaban J connectivity index is 2.59. The van der Waals surface area contributed by atoms with Gasteiger partial charge in [0.2, 0.25) is 0 Å². The molecule has 1 atom stereocenters. The van der Waals surface area contributed by atoms with Crippen LogP contribution < -0.4 is 5.32 Å². The van der Waals surface area contributed by atoms with E-state index in [0.717, 1.165) is 12.4 Å². The summed E-state index contributed by atoms with van der Waals surface area (Å²) >= 11 is 1.81. The van der Waals surface area contributed by atoms with Crippen molar-refractivity contribution in [3.63, 3.8) is 0 Å². The third kappa shape index (κ3) is 2.96. The molecule has 1 aromatic heterocycles. The Kier molecular flexibility index (Phi) is 4.17. The average Bonchev–Trinajstić information content (AvgIpc) is 2.54.